The standard InChI is InChI=1S/C13H15Br2N5O/c1-2-21-7-13-18-11(6-12(19-13)20-16)17-10-4-3-8(14)5-9(10)15/h3-6H,2,7,16H2,1H3,(H2,17,18,19,20). The molecular weight excluding hydrogens is 402 g/mol. The van der Waals surface area contributed by atoms with E-state index in [1.807, 2.05) is 25.1 Å². The molecule has 0 aliphatic rings. The molecule has 1 heterocycles. The number of hydrazine groups is 1. The Morgan fingerprint density at radius 1 is 1.19 bits per heavy atom. The minimum absolute atomic E-state index is 0.336. The van der Waals surface area contributed by atoms with Crippen molar-refractivity contribution in [3.05, 3.63) is 39.0 Å². The highest BCUT2D eigenvalue weighted by molar-refractivity contribution is 9.11. The fraction of sp³-hybridized carbons (Fsp3) is 0.231. The summed E-state index contributed by atoms with van der Waals surface area (Å²) in [4.78, 5) is 8.64. The van der Waals surface area contributed by atoms with Crippen LogP contribution in [0.25, 0.3) is 0 Å². The van der Waals surface area contributed by atoms with E-state index < -0.39 is 0 Å². The number of halogens is 2. The average Bonchev–Trinajstić information content (AvgIpc) is 2.48. The number of nitrogen functional groups attached to an aromatic ring is 1. The molecule has 2 aromatic rings. The van der Waals surface area contributed by atoms with Gasteiger partial charge in [0.2, 0.25) is 0 Å². The molecule has 0 amide bonds. The van der Waals surface area contributed by atoms with Gasteiger partial charge in [-0.2, -0.15) is 0 Å². The van der Waals surface area contributed by atoms with Crippen molar-refractivity contribution in [2.45, 2.75) is 13.5 Å². The van der Waals surface area contributed by atoms with Gasteiger partial charge in [-0.3, -0.25) is 0 Å². The van der Waals surface area contributed by atoms with Gasteiger partial charge in [0.05, 0.1) is 5.69 Å². The van der Waals surface area contributed by atoms with Crippen LogP contribution >= 0.6 is 31.9 Å². The smallest absolute Gasteiger partial charge is 0.158 e. The van der Waals surface area contributed by atoms with Gasteiger partial charge in [-0.25, -0.2) is 15.8 Å². The van der Waals surface area contributed by atoms with Gasteiger partial charge in [-0.15, -0.1) is 0 Å². The first kappa shape index (κ1) is 16.2. The highest BCUT2D eigenvalue weighted by Crippen LogP contribution is 2.28. The number of nitrogens with zero attached hydrogens (tertiary/aromatic N) is 2. The molecule has 1 aromatic carbocycles. The Morgan fingerprint density at radius 3 is 2.62 bits per heavy atom. The van der Waals surface area contributed by atoms with Gasteiger partial charge < -0.3 is 15.5 Å². The highest BCUT2D eigenvalue weighted by atomic mass is 79.9. The number of rotatable bonds is 6. The largest absolute Gasteiger partial charge is 0.374 e. The summed E-state index contributed by atoms with van der Waals surface area (Å²) in [7, 11) is 0. The minimum Gasteiger partial charge on any atom is -0.374 e. The number of hydrogen-bond acceptors (Lipinski definition) is 6. The Hall–Kier alpha value is -1.22. The van der Waals surface area contributed by atoms with Crippen LogP contribution in [0.1, 0.15) is 12.7 Å². The molecule has 2 rings (SSSR count). The molecule has 4 N–H and O–H groups in total. The van der Waals surface area contributed by atoms with Gasteiger partial charge in [0, 0.05) is 21.6 Å². The lowest BCUT2D eigenvalue weighted by atomic mass is 10.3. The quantitative estimate of drug-likeness (QED) is 0.493. The van der Waals surface area contributed by atoms with Crippen LogP contribution in [0, 0.1) is 0 Å². The SMILES string of the molecule is CCOCc1nc(NN)cc(Nc2ccc(Br)cc2Br)n1. The predicted octanol–water partition coefficient (Wildman–Crippen LogP) is 3.57. The molecule has 1 aromatic heterocycles. The van der Waals surface area contributed by atoms with E-state index in [0.717, 1.165) is 14.6 Å². The summed E-state index contributed by atoms with van der Waals surface area (Å²) in [6.07, 6.45) is 0. The third-order valence-corrected chi connectivity index (χ3v) is 3.70. The number of ether oxygens (including phenoxy) is 1. The average molecular weight is 417 g/mol. The molecule has 8 heteroatoms. The van der Waals surface area contributed by atoms with E-state index in [9.17, 15) is 0 Å². The Kier molecular flexibility index (Phi) is 5.92. The molecule has 0 atom stereocenters. The molecule has 0 radical (unpaired) electrons. The predicted molar refractivity (Wildman–Crippen MR) is 90.3 cm³/mol. The van der Waals surface area contributed by atoms with Gasteiger partial charge >= 0.3 is 0 Å². The summed E-state index contributed by atoms with van der Waals surface area (Å²) in [5.74, 6) is 7.15. The van der Waals surface area contributed by atoms with Crippen LogP contribution in [0.3, 0.4) is 0 Å². The molecule has 0 saturated heterocycles. The first-order chi connectivity index (χ1) is 10.1. The van der Waals surface area contributed by atoms with Gasteiger partial charge in [0.25, 0.3) is 0 Å². The molecule has 0 fully saturated rings. The molecule has 0 saturated carbocycles. The lowest BCUT2D eigenvalue weighted by Crippen LogP contribution is -2.12. The Labute approximate surface area is 139 Å². The second-order valence-electron chi connectivity index (χ2n) is 4.09. The third-order valence-electron chi connectivity index (χ3n) is 2.55. The number of hydrogen-bond donors (Lipinski definition) is 3. The maximum absolute atomic E-state index is 5.44. The zero-order valence-electron chi connectivity index (χ0n) is 11.4. The zero-order valence-corrected chi connectivity index (χ0v) is 14.5. The summed E-state index contributed by atoms with van der Waals surface area (Å²) >= 11 is 6.92. The van der Waals surface area contributed by atoms with Crippen LogP contribution in [-0.4, -0.2) is 16.6 Å². The molecular formula is C13H15Br2N5O. The number of aromatic nitrogens is 2. The van der Waals surface area contributed by atoms with Crippen LogP contribution < -0.4 is 16.6 Å². The second-order valence-corrected chi connectivity index (χ2v) is 5.86. The Morgan fingerprint density at radius 2 is 1.95 bits per heavy atom. The number of benzene rings is 1. The Balaban J connectivity index is 2.25. The lowest BCUT2D eigenvalue weighted by molar-refractivity contribution is 0.128. The molecule has 0 bridgehead atoms. The van der Waals surface area contributed by atoms with Crippen molar-refractivity contribution in [3.63, 3.8) is 0 Å². The van der Waals surface area contributed by atoms with Gasteiger partial charge in [-0.05, 0) is 41.1 Å². The summed E-state index contributed by atoms with van der Waals surface area (Å²) in [5, 5.41) is 3.22. The van der Waals surface area contributed by atoms with Crippen LogP contribution in [0.5, 0.6) is 0 Å². The fourth-order valence-corrected chi connectivity index (χ4v) is 2.77. The fourth-order valence-electron chi connectivity index (χ4n) is 1.62. The van der Waals surface area contributed by atoms with E-state index in [1.165, 1.54) is 0 Å². The molecule has 0 aliphatic carbocycles. The molecule has 0 spiro atoms. The third kappa shape index (κ3) is 4.63. The minimum atomic E-state index is 0.336. The molecule has 21 heavy (non-hydrogen) atoms. The molecule has 112 valence electrons. The van der Waals surface area contributed by atoms with E-state index in [2.05, 4.69) is 52.6 Å². The molecule has 6 nitrogen and oxygen atoms in total. The van der Waals surface area contributed by atoms with Crippen molar-refractivity contribution in [2.24, 2.45) is 5.84 Å². The molecule has 0 unspecified atom stereocenters. The highest BCUT2D eigenvalue weighted by Gasteiger charge is 2.07. The Bertz CT molecular complexity index is 624. The van der Waals surface area contributed by atoms with Crippen molar-refractivity contribution in [2.75, 3.05) is 17.3 Å². The number of nitrogens with two attached hydrogens (primary N) is 1. The topological polar surface area (TPSA) is 85.1 Å². The first-order valence-electron chi connectivity index (χ1n) is 6.26. The summed E-state index contributed by atoms with van der Waals surface area (Å²) in [5.41, 5.74) is 3.42. The normalized spacial score (nSPS) is 10.5. The molecule has 0 aliphatic heterocycles. The van der Waals surface area contributed by atoms with Crippen molar-refractivity contribution >= 4 is 49.2 Å². The maximum Gasteiger partial charge on any atom is 0.158 e. The van der Waals surface area contributed by atoms with Crippen molar-refractivity contribution in [1.29, 1.82) is 0 Å². The van der Waals surface area contributed by atoms with Crippen LogP contribution in [0.4, 0.5) is 17.3 Å². The lowest BCUT2D eigenvalue weighted by Gasteiger charge is -2.11. The van der Waals surface area contributed by atoms with E-state index in [4.69, 9.17) is 10.6 Å². The van der Waals surface area contributed by atoms with Gasteiger partial charge in [0.15, 0.2) is 5.82 Å². The van der Waals surface area contributed by atoms with Crippen molar-refractivity contribution in [3.8, 4) is 0 Å². The van der Waals surface area contributed by atoms with Crippen molar-refractivity contribution in [1.82, 2.24) is 9.97 Å². The summed E-state index contributed by atoms with van der Waals surface area (Å²) in [6.45, 7) is 2.86. The summed E-state index contributed by atoms with van der Waals surface area (Å²) in [6, 6.07) is 7.56. The van der Waals surface area contributed by atoms with E-state index >= 15 is 0 Å². The second kappa shape index (κ2) is 7.69. The van der Waals surface area contributed by atoms with Crippen LogP contribution in [0.15, 0.2) is 33.2 Å². The van der Waals surface area contributed by atoms with Crippen LogP contribution in [-0.2, 0) is 11.3 Å². The van der Waals surface area contributed by atoms with E-state index in [0.29, 0.717) is 30.7 Å². The number of anilines is 3. The summed E-state index contributed by atoms with van der Waals surface area (Å²) < 4.78 is 7.24. The van der Waals surface area contributed by atoms with Crippen molar-refractivity contribution < 1.29 is 4.74 Å². The maximum atomic E-state index is 5.44. The van der Waals surface area contributed by atoms with E-state index in [1.54, 1.807) is 6.07 Å². The number of nitrogens with one attached hydrogen (secondary N) is 2. The van der Waals surface area contributed by atoms with Gasteiger partial charge in [-0.1, -0.05) is 15.9 Å². The first-order valence-corrected chi connectivity index (χ1v) is 7.85. The van der Waals surface area contributed by atoms with Gasteiger partial charge in [0.1, 0.15) is 18.2 Å². The zero-order chi connectivity index (χ0) is 15.2. The van der Waals surface area contributed by atoms with E-state index in [-0.39, 0.29) is 0 Å². The monoisotopic (exact) mass is 415 g/mol. The van der Waals surface area contributed by atoms with Crippen LogP contribution in [0.2, 0.25) is 0 Å².